The fraction of sp³-hybridized carbons (Fsp3) is 0.200. The number of benzene rings is 1. The summed E-state index contributed by atoms with van der Waals surface area (Å²) in [5.74, 6) is -4.46. The zero-order chi connectivity index (χ0) is 12.3. The van der Waals surface area contributed by atoms with E-state index in [4.69, 9.17) is 26.9 Å². The van der Waals surface area contributed by atoms with Crippen molar-refractivity contribution >= 4 is 23.5 Å². The van der Waals surface area contributed by atoms with E-state index in [1.807, 2.05) is 0 Å². The summed E-state index contributed by atoms with van der Waals surface area (Å²) in [6.45, 7) is 0. The highest BCUT2D eigenvalue weighted by atomic mass is 35.5. The number of aromatic hydroxyl groups is 1. The van der Waals surface area contributed by atoms with E-state index in [2.05, 4.69) is 0 Å². The van der Waals surface area contributed by atoms with Crippen LogP contribution >= 0.6 is 11.6 Å². The largest absolute Gasteiger partial charge is 0.506 e. The smallest absolute Gasteiger partial charge is 0.318 e. The molecule has 1 rings (SSSR count). The lowest BCUT2D eigenvalue weighted by molar-refractivity contribution is -0.154. The summed E-state index contributed by atoms with van der Waals surface area (Å²) >= 11 is 5.61. The van der Waals surface area contributed by atoms with Crippen LogP contribution in [0.3, 0.4) is 0 Å². The van der Waals surface area contributed by atoms with Gasteiger partial charge in [-0.15, -0.1) is 0 Å². The maximum atomic E-state index is 10.6. The number of hydrogen-bond acceptors (Lipinski definition) is 3. The molecule has 0 aromatic heterocycles. The Morgan fingerprint density at radius 1 is 1.25 bits per heavy atom. The van der Waals surface area contributed by atoms with Gasteiger partial charge in [0.2, 0.25) is 0 Å². The van der Waals surface area contributed by atoms with Crippen molar-refractivity contribution < 1.29 is 24.9 Å². The highest BCUT2D eigenvalue weighted by Gasteiger charge is 2.26. The van der Waals surface area contributed by atoms with E-state index in [1.54, 1.807) is 0 Å². The minimum atomic E-state index is -1.51. The molecule has 0 atom stereocenters. The van der Waals surface area contributed by atoms with Crippen molar-refractivity contribution in [1.82, 2.24) is 0 Å². The molecule has 6 heteroatoms. The van der Waals surface area contributed by atoms with Crippen molar-refractivity contribution in [2.75, 3.05) is 0 Å². The van der Waals surface area contributed by atoms with Crippen LogP contribution in [0.4, 0.5) is 0 Å². The third kappa shape index (κ3) is 2.87. The normalized spacial score (nSPS) is 10.4. The first-order valence-corrected chi connectivity index (χ1v) is 4.72. The summed E-state index contributed by atoms with van der Waals surface area (Å²) in [5, 5.41) is 26.5. The molecule has 5 nitrogen and oxygen atoms in total. The standard InChI is InChI=1S/C10H9ClO5/c11-7-4-5(1-2-8(7)12)3-6(9(13)14)10(15)16/h1-2,4,6,12H,3H2,(H,13,14)(H,15,16). The SMILES string of the molecule is O=C(O)C(Cc1ccc(O)c(Cl)c1)C(=O)O. The number of carboxylic acid groups (broad SMARTS) is 2. The van der Waals surface area contributed by atoms with Crippen LogP contribution in [0.5, 0.6) is 5.75 Å². The molecule has 0 saturated heterocycles. The molecule has 0 spiro atoms. The molecule has 0 aliphatic carbocycles. The Kier molecular flexibility index (Phi) is 3.73. The Hall–Kier alpha value is -1.75. The first-order chi connectivity index (χ1) is 7.41. The average Bonchev–Trinajstić information content (AvgIpc) is 2.18. The zero-order valence-electron chi connectivity index (χ0n) is 8.05. The van der Waals surface area contributed by atoms with Crippen molar-refractivity contribution in [3.05, 3.63) is 28.8 Å². The number of halogens is 1. The first-order valence-electron chi connectivity index (χ1n) is 4.35. The van der Waals surface area contributed by atoms with Crippen molar-refractivity contribution in [3.8, 4) is 5.75 Å². The van der Waals surface area contributed by atoms with E-state index in [-0.39, 0.29) is 17.2 Å². The molecule has 0 amide bonds. The van der Waals surface area contributed by atoms with Crippen molar-refractivity contribution in [3.63, 3.8) is 0 Å². The predicted molar refractivity (Wildman–Crippen MR) is 55.6 cm³/mol. The monoisotopic (exact) mass is 244 g/mol. The highest BCUT2D eigenvalue weighted by molar-refractivity contribution is 6.32. The molecular weight excluding hydrogens is 236 g/mol. The van der Waals surface area contributed by atoms with Gasteiger partial charge in [0.05, 0.1) is 5.02 Å². The maximum Gasteiger partial charge on any atom is 0.318 e. The summed E-state index contributed by atoms with van der Waals surface area (Å²) < 4.78 is 0. The summed E-state index contributed by atoms with van der Waals surface area (Å²) in [4.78, 5) is 21.3. The van der Waals surface area contributed by atoms with Crippen LogP contribution in [0, 0.1) is 5.92 Å². The molecule has 0 bridgehead atoms. The fourth-order valence-corrected chi connectivity index (χ4v) is 1.40. The Balaban J connectivity index is 2.90. The summed E-state index contributed by atoms with van der Waals surface area (Å²) in [5.41, 5.74) is 0.442. The van der Waals surface area contributed by atoms with E-state index >= 15 is 0 Å². The van der Waals surface area contributed by atoms with E-state index in [9.17, 15) is 9.59 Å². The number of carboxylic acids is 2. The van der Waals surface area contributed by atoms with Gasteiger partial charge >= 0.3 is 11.9 Å². The van der Waals surface area contributed by atoms with Gasteiger partial charge in [-0.1, -0.05) is 17.7 Å². The number of carbonyl (C=O) groups is 2. The molecule has 0 saturated carbocycles. The number of aliphatic carboxylic acids is 2. The van der Waals surface area contributed by atoms with Gasteiger partial charge in [-0.05, 0) is 24.1 Å². The number of phenolic OH excluding ortho intramolecular Hbond substituents is 1. The Labute approximate surface area is 95.9 Å². The van der Waals surface area contributed by atoms with Crippen LogP contribution in [0.2, 0.25) is 5.02 Å². The van der Waals surface area contributed by atoms with Gasteiger partial charge in [0.15, 0.2) is 5.92 Å². The van der Waals surface area contributed by atoms with Gasteiger partial charge in [0.25, 0.3) is 0 Å². The van der Waals surface area contributed by atoms with Crippen LogP contribution in [0.25, 0.3) is 0 Å². The molecule has 16 heavy (non-hydrogen) atoms. The second-order valence-electron chi connectivity index (χ2n) is 3.22. The highest BCUT2D eigenvalue weighted by Crippen LogP contribution is 2.24. The summed E-state index contributed by atoms with van der Waals surface area (Å²) in [6, 6.07) is 4.06. The number of hydrogen-bond donors (Lipinski definition) is 3. The van der Waals surface area contributed by atoms with E-state index in [0.717, 1.165) is 0 Å². The molecule has 3 N–H and O–H groups in total. The van der Waals surface area contributed by atoms with Gasteiger partial charge < -0.3 is 15.3 Å². The van der Waals surface area contributed by atoms with E-state index < -0.39 is 17.9 Å². The quantitative estimate of drug-likeness (QED) is 0.696. The average molecular weight is 245 g/mol. The third-order valence-electron chi connectivity index (χ3n) is 2.05. The van der Waals surface area contributed by atoms with Crippen molar-refractivity contribution in [2.24, 2.45) is 5.92 Å². The molecule has 0 unspecified atom stereocenters. The van der Waals surface area contributed by atoms with E-state index in [0.29, 0.717) is 5.56 Å². The lowest BCUT2D eigenvalue weighted by Gasteiger charge is -2.08. The Bertz CT molecular complexity index is 415. The van der Waals surface area contributed by atoms with Crippen LogP contribution in [0.1, 0.15) is 5.56 Å². The first kappa shape index (κ1) is 12.3. The number of phenols is 1. The minimum Gasteiger partial charge on any atom is -0.506 e. The van der Waals surface area contributed by atoms with Gasteiger partial charge in [-0.2, -0.15) is 0 Å². The van der Waals surface area contributed by atoms with Crippen LogP contribution < -0.4 is 0 Å². The second-order valence-corrected chi connectivity index (χ2v) is 3.63. The minimum absolute atomic E-state index is 0.0621. The molecule has 0 aliphatic rings. The van der Waals surface area contributed by atoms with E-state index in [1.165, 1.54) is 18.2 Å². The topological polar surface area (TPSA) is 94.8 Å². The van der Waals surface area contributed by atoms with Gasteiger partial charge in [-0.25, -0.2) is 0 Å². The molecule has 0 radical (unpaired) electrons. The third-order valence-corrected chi connectivity index (χ3v) is 2.35. The zero-order valence-corrected chi connectivity index (χ0v) is 8.81. The molecule has 0 heterocycles. The van der Waals surface area contributed by atoms with Crippen molar-refractivity contribution in [2.45, 2.75) is 6.42 Å². The summed E-state index contributed by atoms with van der Waals surface area (Å²) in [6.07, 6.45) is -0.176. The lowest BCUT2D eigenvalue weighted by Crippen LogP contribution is -2.25. The number of rotatable bonds is 4. The molecule has 1 aromatic carbocycles. The van der Waals surface area contributed by atoms with Crippen LogP contribution in [-0.4, -0.2) is 27.3 Å². The van der Waals surface area contributed by atoms with Crippen LogP contribution in [-0.2, 0) is 16.0 Å². The molecule has 0 fully saturated rings. The molecule has 0 aliphatic heterocycles. The lowest BCUT2D eigenvalue weighted by atomic mass is 9.99. The Morgan fingerprint density at radius 3 is 2.25 bits per heavy atom. The predicted octanol–water partition coefficient (Wildman–Crippen LogP) is 1.37. The fourth-order valence-electron chi connectivity index (χ4n) is 1.19. The Morgan fingerprint density at radius 2 is 1.81 bits per heavy atom. The van der Waals surface area contributed by atoms with Crippen LogP contribution in [0.15, 0.2) is 18.2 Å². The summed E-state index contributed by atoms with van der Waals surface area (Å²) in [7, 11) is 0. The molecular formula is C10H9ClO5. The van der Waals surface area contributed by atoms with Crippen molar-refractivity contribution in [1.29, 1.82) is 0 Å². The van der Waals surface area contributed by atoms with Gasteiger partial charge in [-0.3, -0.25) is 9.59 Å². The molecule has 86 valence electrons. The van der Waals surface area contributed by atoms with Gasteiger partial charge in [0, 0.05) is 0 Å². The maximum absolute atomic E-state index is 10.6. The second kappa shape index (κ2) is 4.85. The van der Waals surface area contributed by atoms with Gasteiger partial charge in [0.1, 0.15) is 5.75 Å². The molecule has 1 aromatic rings.